The van der Waals surface area contributed by atoms with Crippen molar-refractivity contribution < 1.29 is 24.1 Å². The number of carbonyl (C=O) groups is 1. The molecular formula is C36H69NO5. The first-order valence-electron chi connectivity index (χ1n) is 18.1. The summed E-state index contributed by atoms with van der Waals surface area (Å²) in [5.41, 5.74) is 0. The number of esters is 1. The molecule has 2 atom stereocenters. The summed E-state index contributed by atoms with van der Waals surface area (Å²) in [5.74, 6) is -0.00113. The first kappa shape index (κ1) is 39.1. The van der Waals surface area contributed by atoms with Crippen molar-refractivity contribution in [1.82, 2.24) is 4.90 Å². The molecule has 1 aliphatic heterocycles. The SMILES string of the molecule is CCCCCC/C=C\COC(C)OCCCCCCCCC(CCCCCCCCO)OC(=O)CCCN1CCCC1. The molecule has 0 aliphatic carbocycles. The molecule has 0 bridgehead atoms. The summed E-state index contributed by atoms with van der Waals surface area (Å²) < 4.78 is 17.5. The van der Waals surface area contributed by atoms with Crippen LogP contribution in [-0.4, -0.2) is 67.8 Å². The zero-order chi connectivity index (χ0) is 30.4. The van der Waals surface area contributed by atoms with Crippen LogP contribution in [0.3, 0.4) is 0 Å². The number of hydrogen-bond donors (Lipinski definition) is 1. The minimum Gasteiger partial charge on any atom is -0.462 e. The number of allylic oxidation sites excluding steroid dienone is 1. The Labute approximate surface area is 260 Å². The van der Waals surface area contributed by atoms with E-state index in [1.165, 1.54) is 96.6 Å². The summed E-state index contributed by atoms with van der Waals surface area (Å²) >= 11 is 0. The summed E-state index contributed by atoms with van der Waals surface area (Å²) in [7, 11) is 0. The van der Waals surface area contributed by atoms with Crippen LogP contribution in [0.1, 0.15) is 162 Å². The summed E-state index contributed by atoms with van der Waals surface area (Å²) in [6, 6.07) is 0. The number of aliphatic hydroxyl groups is 1. The second kappa shape index (κ2) is 30.1. The molecule has 0 amide bonds. The first-order chi connectivity index (χ1) is 20.7. The van der Waals surface area contributed by atoms with E-state index in [4.69, 9.17) is 19.3 Å². The molecule has 1 heterocycles. The van der Waals surface area contributed by atoms with Gasteiger partial charge in [0.1, 0.15) is 6.10 Å². The van der Waals surface area contributed by atoms with Gasteiger partial charge in [0, 0.05) is 19.6 Å². The number of hydrogen-bond acceptors (Lipinski definition) is 6. The predicted molar refractivity (Wildman–Crippen MR) is 176 cm³/mol. The smallest absolute Gasteiger partial charge is 0.306 e. The van der Waals surface area contributed by atoms with Crippen molar-refractivity contribution in [3.8, 4) is 0 Å². The van der Waals surface area contributed by atoms with Crippen molar-refractivity contribution in [1.29, 1.82) is 0 Å². The van der Waals surface area contributed by atoms with E-state index >= 15 is 0 Å². The van der Waals surface area contributed by atoms with Gasteiger partial charge in [-0.25, -0.2) is 0 Å². The van der Waals surface area contributed by atoms with Crippen molar-refractivity contribution in [2.45, 2.75) is 174 Å². The highest BCUT2D eigenvalue weighted by Crippen LogP contribution is 2.18. The number of rotatable bonds is 31. The molecule has 0 saturated carbocycles. The quantitative estimate of drug-likeness (QED) is 0.0373. The molecular weight excluding hydrogens is 526 g/mol. The van der Waals surface area contributed by atoms with E-state index in [0.717, 1.165) is 70.9 Å². The molecule has 2 unspecified atom stereocenters. The molecule has 248 valence electrons. The Morgan fingerprint density at radius 2 is 1.38 bits per heavy atom. The Morgan fingerprint density at radius 1 is 0.762 bits per heavy atom. The van der Waals surface area contributed by atoms with E-state index in [-0.39, 0.29) is 18.4 Å². The molecule has 1 fully saturated rings. The molecule has 0 aromatic carbocycles. The zero-order valence-electron chi connectivity index (χ0n) is 27.8. The number of unbranched alkanes of at least 4 members (excludes halogenated alkanes) is 14. The average molecular weight is 596 g/mol. The van der Waals surface area contributed by atoms with Gasteiger partial charge >= 0.3 is 5.97 Å². The molecule has 6 heteroatoms. The van der Waals surface area contributed by atoms with Crippen molar-refractivity contribution in [2.24, 2.45) is 0 Å². The van der Waals surface area contributed by atoms with Crippen LogP contribution in [-0.2, 0) is 19.0 Å². The van der Waals surface area contributed by atoms with Gasteiger partial charge in [-0.2, -0.15) is 0 Å². The summed E-state index contributed by atoms with van der Waals surface area (Å²) in [6.45, 7) is 9.34. The third-order valence-electron chi connectivity index (χ3n) is 8.38. The maximum atomic E-state index is 12.6. The maximum absolute atomic E-state index is 12.6. The average Bonchev–Trinajstić information content (AvgIpc) is 3.50. The van der Waals surface area contributed by atoms with Crippen LogP contribution < -0.4 is 0 Å². The Hall–Kier alpha value is -0.950. The number of ether oxygens (including phenoxy) is 3. The number of nitrogens with zero attached hydrogens (tertiary/aromatic N) is 1. The molecule has 0 spiro atoms. The van der Waals surface area contributed by atoms with E-state index in [2.05, 4.69) is 24.0 Å². The predicted octanol–water partition coefficient (Wildman–Crippen LogP) is 9.13. The molecule has 1 saturated heterocycles. The normalized spacial score (nSPS) is 15.5. The minimum absolute atomic E-state index is 0.00113. The van der Waals surface area contributed by atoms with Gasteiger partial charge in [-0.05, 0) is 97.2 Å². The molecule has 1 aliphatic rings. The van der Waals surface area contributed by atoms with Gasteiger partial charge in [0.25, 0.3) is 0 Å². The highest BCUT2D eigenvalue weighted by Gasteiger charge is 2.16. The van der Waals surface area contributed by atoms with Crippen LogP contribution in [0.5, 0.6) is 0 Å². The third kappa shape index (κ3) is 25.5. The molecule has 1 rings (SSSR count). The molecule has 1 N–H and O–H groups in total. The molecule has 0 aromatic rings. The summed E-state index contributed by atoms with van der Waals surface area (Å²) in [4.78, 5) is 15.0. The van der Waals surface area contributed by atoms with Gasteiger partial charge in [0.2, 0.25) is 0 Å². The molecule has 6 nitrogen and oxygen atoms in total. The van der Waals surface area contributed by atoms with Crippen molar-refractivity contribution in [3.05, 3.63) is 12.2 Å². The van der Waals surface area contributed by atoms with Gasteiger partial charge in [0.15, 0.2) is 6.29 Å². The van der Waals surface area contributed by atoms with E-state index in [1.807, 2.05) is 6.92 Å². The van der Waals surface area contributed by atoms with Gasteiger partial charge in [-0.15, -0.1) is 0 Å². The molecule has 0 aromatic heterocycles. The Kier molecular flexibility index (Phi) is 28.0. The van der Waals surface area contributed by atoms with Crippen LogP contribution in [0.25, 0.3) is 0 Å². The fourth-order valence-corrected chi connectivity index (χ4v) is 5.70. The van der Waals surface area contributed by atoms with E-state index in [0.29, 0.717) is 19.6 Å². The van der Waals surface area contributed by atoms with Gasteiger partial charge in [-0.1, -0.05) is 89.7 Å². The number of carbonyl (C=O) groups excluding carboxylic acids is 1. The van der Waals surface area contributed by atoms with Crippen LogP contribution in [0.15, 0.2) is 12.2 Å². The Balaban J connectivity index is 2.09. The van der Waals surface area contributed by atoms with Crippen molar-refractivity contribution in [2.75, 3.05) is 39.5 Å². The van der Waals surface area contributed by atoms with Crippen LogP contribution >= 0.6 is 0 Å². The van der Waals surface area contributed by atoms with Crippen LogP contribution in [0, 0.1) is 0 Å². The lowest BCUT2D eigenvalue weighted by molar-refractivity contribution is -0.150. The zero-order valence-corrected chi connectivity index (χ0v) is 27.8. The second-order valence-electron chi connectivity index (χ2n) is 12.4. The fourth-order valence-electron chi connectivity index (χ4n) is 5.70. The van der Waals surface area contributed by atoms with Crippen molar-refractivity contribution >= 4 is 5.97 Å². The monoisotopic (exact) mass is 596 g/mol. The van der Waals surface area contributed by atoms with Gasteiger partial charge < -0.3 is 24.2 Å². The summed E-state index contributed by atoms with van der Waals surface area (Å²) in [5, 5.41) is 8.94. The molecule has 0 radical (unpaired) electrons. The van der Waals surface area contributed by atoms with Crippen LogP contribution in [0.2, 0.25) is 0 Å². The third-order valence-corrected chi connectivity index (χ3v) is 8.38. The van der Waals surface area contributed by atoms with E-state index in [1.54, 1.807) is 0 Å². The Bertz CT molecular complexity index is 608. The van der Waals surface area contributed by atoms with Gasteiger partial charge in [-0.3, -0.25) is 4.79 Å². The maximum Gasteiger partial charge on any atom is 0.306 e. The number of likely N-dealkylation sites (tertiary alicyclic amines) is 1. The van der Waals surface area contributed by atoms with E-state index < -0.39 is 0 Å². The highest BCUT2D eigenvalue weighted by atomic mass is 16.7. The number of aliphatic hydroxyl groups excluding tert-OH is 1. The fraction of sp³-hybridized carbons (Fsp3) is 0.917. The lowest BCUT2D eigenvalue weighted by Crippen LogP contribution is -2.23. The lowest BCUT2D eigenvalue weighted by Gasteiger charge is -2.19. The lowest BCUT2D eigenvalue weighted by atomic mass is 10.0. The topological polar surface area (TPSA) is 68.2 Å². The Morgan fingerprint density at radius 3 is 2.05 bits per heavy atom. The van der Waals surface area contributed by atoms with E-state index in [9.17, 15) is 4.79 Å². The highest BCUT2D eigenvalue weighted by molar-refractivity contribution is 5.69. The second-order valence-corrected chi connectivity index (χ2v) is 12.4. The van der Waals surface area contributed by atoms with Crippen LogP contribution in [0.4, 0.5) is 0 Å². The largest absolute Gasteiger partial charge is 0.462 e. The minimum atomic E-state index is -0.143. The standard InChI is InChI=1S/C36H69NO5/c1-3-4-5-6-10-15-22-32-40-34(2)41-33-23-16-11-8-13-18-26-35(25-17-12-7-9-14-21-31-38)42-36(39)27-24-30-37-28-19-20-29-37/h15,22,34-35,38H,3-14,16-21,23-33H2,1-2H3/b22-15-. The summed E-state index contributed by atoms with van der Waals surface area (Å²) in [6.07, 6.45) is 30.5. The first-order valence-corrected chi connectivity index (χ1v) is 18.1. The van der Waals surface area contributed by atoms with Gasteiger partial charge in [0.05, 0.1) is 6.61 Å². The molecule has 42 heavy (non-hydrogen) atoms. The van der Waals surface area contributed by atoms with Crippen molar-refractivity contribution in [3.63, 3.8) is 0 Å².